The lowest BCUT2D eigenvalue weighted by atomic mass is 10.2. The number of phenolic OH excluding ortho intramolecular Hbond substituents is 1. The first kappa shape index (κ1) is 16.6. The number of aryl methyl sites for hydroxylation is 1. The number of carbonyl (C=O) groups excluding carboxylic acids is 1. The number of amidine groups is 1. The van der Waals surface area contributed by atoms with E-state index in [1.807, 2.05) is 24.3 Å². The molecular weight excluding hydrogens is 344 g/mol. The van der Waals surface area contributed by atoms with E-state index in [0.717, 1.165) is 17.7 Å². The fourth-order valence-corrected chi connectivity index (χ4v) is 3.20. The number of nitrogens with zero attached hydrogens (tertiary/aromatic N) is 1. The molecule has 2 N–H and O–H groups in total. The minimum Gasteiger partial charge on any atom is -0.506 e. The molecule has 2 aromatic carbocycles. The molecule has 1 amide bonds. The average Bonchev–Trinajstić information content (AvgIpc) is 2.91. The fourth-order valence-electron chi connectivity index (χ4n) is 2.17. The summed E-state index contributed by atoms with van der Waals surface area (Å²) in [6.07, 6.45) is 2.69. The van der Waals surface area contributed by atoms with Gasteiger partial charge in [-0.25, -0.2) is 4.99 Å². The molecule has 1 aliphatic heterocycles. The van der Waals surface area contributed by atoms with Crippen LogP contribution in [0.25, 0.3) is 6.08 Å². The van der Waals surface area contributed by atoms with Gasteiger partial charge in [-0.15, -0.1) is 0 Å². The van der Waals surface area contributed by atoms with Gasteiger partial charge in [0, 0.05) is 0 Å². The highest BCUT2D eigenvalue weighted by Crippen LogP contribution is 2.30. The molecule has 0 bridgehead atoms. The molecule has 0 spiro atoms. The Morgan fingerprint density at radius 2 is 2.00 bits per heavy atom. The monoisotopic (exact) mass is 358 g/mol. The molecule has 0 unspecified atom stereocenters. The zero-order chi connectivity index (χ0) is 17.1. The van der Waals surface area contributed by atoms with Gasteiger partial charge < -0.3 is 10.4 Å². The van der Waals surface area contributed by atoms with Gasteiger partial charge in [-0.1, -0.05) is 36.7 Å². The molecule has 0 aromatic heterocycles. The van der Waals surface area contributed by atoms with Gasteiger partial charge in [-0.2, -0.15) is 0 Å². The van der Waals surface area contributed by atoms with Gasteiger partial charge in [0.25, 0.3) is 5.91 Å². The predicted octanol–water partition coefficient (Wildman–Crippen LogP) is 4.50. The summed E-state index contributed by atoms with van der Waals surface area (Å²) in [5.41, 5.74) is 2.78. The number of aliphatic imine (C=N–C) groups is 1. The lowest BCUT2D eigenvalue weighted by Gasteiger charge is -1.99. The zero-order valence-corrected chi connectivity index (χ0v) is 14.5. The average molecular weight is 359 g/mol. The second kappa shape index (κ2) is 7.11. The van der Waals surface area contributed by atoms with Gasteiger partial charge in [0.2, 0.25) is 0 Å². The van der Waals surface area contributed by atoms with E-state index in [1.165, 1.54) is 23.4 Å². The van der Waals surface area contributed by atoms with Crippen LogP contribution in [0.4, 0.5) is 5.69 Å². The summed E-state index contributed by atoms with van der Waals surface area (Å²) in [6, 6.07) is 12.7. The largest absolute Gasteiger partial charge is 0.506 e. The van der Waals surface area contributed by atoms with Crippen LogP contribution in [0.15, 0.2) is 52.4 Å². The van der Waals surface area contributed by atoms with Crippen molar-refractivity contribution in [3.8, 4) is 5.75 Å². The minimum absolute atomic E-state index is 0.0140. The molecule has 0 aliphatic carbocycles. The van der Waals surface area contributed by atoms with E-state index >= 15 is 0 Å². The van der Waals surface area contributed by atoms with Crippen molar-refractivity contribution in [3.05, 3.63) is 63.5 Å². The summed E-state index contributed by atoms with van der Waals surface area (Å²) >= 11 is 7.16. The Labute approximate surface area is 149 Å². The maximum absolute atomic E-state index is 12.1. The highest BCUT2D eigenvalue weighted by Gasteiger charge is 2.23. The fraction of sp³-hybridized carbons (Fsp3) is 0.111. The van der Waals surface area contributed by atoms with E-state index in [1.54, 1.807) is 18.2 Å². The summed E-state index contributed by atoms with van der Waals surface area (Å²) in [7, 11) is 0. The van der Waals surface area contributed by atoms with Crippen LogP contribution in [0.2, 0.25) is 5.02 Å². The van der Waals surface area contributed by atoms with Crippen molar-refractivity contribution in [1.29, 1.82) is 0 Å². The first-order valence-electron chi connectivity index (χ1n) is 7.42. The number of carbonyl (C=O) groups is 1. The van der Waals surface area contributed by atoms with Crippen molar-refractivity contribution in [2.24, 2.45) is 4.99 Å². The molecular formula is C18H15ClN2O2S. The Bertz CT molecular complexity index is 845. The summed E-state index contributed by atoms with van der Waals surface area (Å²) < 4.78 is 0. The van der Waals surface area contributed by atoms with E-state index in [9.17, 15) is 9.90 Å². The lowest BCUT2D eigenvalue weighted by molar-refractivity contribution is -0.115. The second-order valence-electron chi connectivity index (χ2n) is 5.21. The first-order chi connectivity index (χ1) is 11.5. The van der Waals surface area contributed by atoms with Crippen molar-refractivity contribution in [3.63, 3.8) is 0 Å². The Morgan fingerprint density at radius 3 is 2.67 bits per heavy atom. The number of thioether (sulfide) groups is 1. The number of rotatable bonds is 3. The van der Waals surface area contributed by atoms with Crippen LogP contribution in [0.1, 0.15) is 18.1 Å². The number of hydrogen-bond acceptors (Lipinski definition) is 4. The molecule has 1 fully saturated rings. The zero-order valence-electron chi connectivity index (χ0n) is 12.9. The van der Waals surface area contributed by atoms with Crippen LogP contribution in [0.5, 0.6) is 5.75 Å². The summed E-state index contributed by atoms with van der Waals surface area (Å²) in [5, 5.41) is 13.0. The van der Waals surface area contributed by atoms with Gasteiger partial charge in [0.15, 0.2) is 5.17 Å². The van der Waals surface area contributed by atoms with Gasteiger partial charge in [-0.05, 0) is 59.7 Å². The van der Waals surface area contributed by atoms with Gasteiger partial charge in [0.1, 0.15) is 5.75 Å². The Morgan fingerprint density at radius 1 is 1.25 bits per heavy atom. The molecule has 0 radical (unpaired) electrons. The van der Waals surface area contributed by atoms with Crippen LogP contribution >= 0.6 is 23.4 Å². The SMILES string of the molecule is CCc1ccc(N=C2NC(=O)/C(=C/c3ccc(O)c(Cl)c3)S2)cc1. The maximum atomic E-state index is 12.1. The minimum atomic E-state index is -0.201. The molecule has 4 nitrogen and oxygen atoms in total. The Kier molecular flexibility index (Phi) is 4.92. The van der Waals surface area contributed by atoms with Crippen LogP contribution in [0, 0.1) is 0 Å². The molecule has 24 heavy (non-hydrogen) atoms. The standard InChI is InChI=1S/C18H15ClN2O2S/c1-2-11-3-6-13(7-4-11)20-18-21-17(23)16(24-18)10-12-5-8-15(22)14(19)9-12/h3-10,22H,2H2,1H3,(H,20,21,23)/b16-10-. The summed E-state index contributed by atoms with van der Waals surface area (Å²) in [5.74, 6) is -0.187. The first-order valence-corrected chi connectivity index (χ1v) is 8.61. The van der Waals surface area contributed by atoms with Crippen LogP contribution in [0.3, 0.4) is 0 Å². The molecule has 3 rings (SSSR count). The summed E-state index contributed by atoms with van der Waals surface area (Å²) in [6.45, 7) is 2.10. The highest BCUT2D eigenvalue weighted by molar-refractivity contribution is 8.18. The molecule has 0 atom stereocenters. The van der Waals surface area contributed by atoms with Gasteiger partial charge >= 0.3 is 0 Å². The maximum Gasteiger partial charge on any atom is 0.264 e. The smallest absolute Gasteiger partial charge is 0.264 e. The van der Waals surface area contributed by atoms with Crippen molar-refractivity contribution < 1.29 is 9.90 Å². The van der Waals surface area contributed by atoms with Crippen LogP contribution in [-0.2, 0) is 11.2 Å². The second-order valence-corrected chi connectivity index (χ2v) is 6.65. The molecule has 1 aliphatic rings. The third-order valence-corrected chi connectivity index (χ3v) is 4.71. The summed E-state index contributed by atoms with van der Waals surface area (Å²) in [4.78, 5) is 17.0. The van der Waals surface area contributed by atoms with Crippen molar-refractivity contribution in [2.45, 2.75) is 13.3 Å². The number of benzene rings is 2. The molecule has 1 saturated heterocycles. The van der Waals surface area contributed by atoms with E-state index in [0.29, 0.717) is 10.1 Å². The van der Waals surface area contributed by atoms with Crippen LogP contribution in [-0.4, -0.2) is 16.2 Å². The molecule has 0 saturated carbocycles. The van der Waals surface area contributed by atoms with E-state index in [4.69, 9.17) is 11.6 Å². The van der Waals surface area contributed by atoms with Gasteiger partial charge in [0.05, 0.1) is 15.6 Å². The molecule has 1 heterocycles. The predicted molar refractivity (Wildman–Crippen MR) is 99.7 cm³/mol. The van der Waals surface area contributed by atoms with E-state index in [2.05, 4.69) is 17.2 Å². The number of halogens is 1. The normalized spacial score (nSPS) is 17.5. The van der Waals surface area contributed by atoms with Crippen molar-refractivity contribution in [1.82, 2.24) is 5.32 Å². The third kappa shape index (κ3) is 3.80. The number of amides is 1. The molecule has 6 heteroatoms. The number of nitrogens with one attached hydrogen (secondary N) is 1. The molecule has 122 valence electrons. The Hall–Kier alpha value is -2.24. The van der Waals surface area contributed by atoms with Gasteiger partial charge in [-0.3, -0.25) is 4.79 Å². The quantitative estimate of drug-likeness (QED) is 0.794. The topological polar surface area (TPSA) is 61.7 Å². The number of phenols is 1. The third-order valence-electron chi connectivity index (χ3n) is 3.50. The van der Waals surface area contributed by atoms with E-state index < -0.39 is 0 Å². The molecule has 2 aromatic rings. The lowest BCUT2D eigenvalue weighted by Crippen LogP contribution is -2.19. The number of aromatic hydroxyl groups is 1. The highest BCUT2D eigenvalue weighted by atomic mass is 35.5. The number of hydrogen-bond donors (Lipinski definition) is 2. The van der Waals surface area contributed by atoms with Crippen LogP contribution < -0.4 is 5.32 Å². The Balaban J connectivity index is 1.80. The van der Waals surface area contributed by atoms with Crippen molar-refractivity contribution in [2.75, 3.05) is 0 Å². The van der Waals surface area contributed by atoms with E-state index in [-0.39, 0.29) is 16.7 Å². The van der Waals surface area contributed by atoms with Crippen molar-refractivity contribution >= 4 is 46.2 Å².